The maximum Gasteiger partial charge on any atom is 0.273 e. The molecule has 0 unspecified atom stereocenters. The van der Waals surface area contributed by atoms with Gasteiger partial charge in [-0.3, -0.25) is 4.79 Å². The zero-order chi connectivity index (χ0) is 16.3. The highest BCUT2D eigenvalue weighted by atomic mass is 32.2. The zero-order valence-electron chi connectivity index (χ0n) is 12.4. The number of thiazole rings is 1. The Morgan fingerprint density at radius 1 is 1.17 bits per heavy atom. The van der Waals surface area contributed by atoms with E-state index in [1.807, 2.05) is 30.3 Å². The molecule has 1 fully saturated rings. The molecule has 0 spiro atoms. The summed E-state index contributed by atoms with van der Waals surface area (Å²) in [5.41, 5.74) is 2.84. The Morgan fingerprint density at radius 3 is 2.57 bits per heavy atom. The van der Waals surface area contributed by atoms with Gasteiger partial charge in [0.2, 0.25) is 0 Å². The van der Waals surface area contributed by atoms with Crippen molar-refractivity contribution in [2.24, 2.45) is 0 Å². The van der Waals surface area contributed by atoms with Crippen LogP contribution in [0.5, 0.6) is 0 Å². The summed E-state index contributed by atoms with van der Waals surface area (Å²) in [5, 5.41) is 6.75. The second-order valence-electron chi connectivity index (χ2n) is 5.42. The summed E-state index contributed by atoms with van der Waals surface area (Å²) in [7, 11) is -2.93. The first-order valence-corrected chi connectivity index (χ1v) is 10.0. The van der Waals surface area contributed by atoms with Crippen molar-refractivity contribution >= 4 is 37.8 Å². The number of amides is 1. The van der Waals surface area contributed by atoms with Gasteiger partial charge in [0.25, 0.3) is 5.91 Å². The number of carbonyl (C=O) groups excluding carboxylic acids is 1. The number of nitrogens with one attached hydrogen (secondary N) is 2. The first kappa shape index (κ1) is 15.9. The number of sulfone groups is 1. The molecule has 1 aliphatic heterocycles. The molecule has 2 aromatic rings. The number of aromatic nitrogens is 1. The number of carbonyl (C=O) groups is 1. The lowest BCUT2D eigenvalue weighted by Crippen LogP contribution is -2.41. The van der Waals surface area contributed by atoms with Gasteiger partial charge in [-0.1, -0.05) is 18.2 Å². The summed E-state index contributed by atoms with van der Waals surface area (Å²) in [5.74, 6) is -0.0113. The van der Waals surface area contributed by atoms with E-state index in [9.17, 15) is 13.2 Å². The molecular formula is C15H17N3O3S2. The maximum absolute atomic E-state index is 12.4. The largest absolute Gasteiger partial charge is 0.348 e. The third kappa shape index (κ3) is 4.08. The molecule has 0 aliphatic carbocycles. The lowest BCUT2D eigenvalue weighted by atomic mass is 10.1. The predicted octanol–water partition coefficient (Wildman–Crippen LogP) is 2.19. The summed E-state index contributed by atoms with van der Waals surface area (Å²) in [6, 6.07) is 9.44. The Kier molecular flexibility index (Phi) is 4.63. The molecule has 0 saturated carbocycles. The lowest BCUT2D eigenvalue weighted by Gasteiger charge is -2.22. The van der Waals surface area contributed by atoms with Crippen LogP contribution in [0.25, 0.3) is 0 Å². The van der Waals surface area contributed by atoms with E-state index in [4.69, 9.17) is 0 Å². The van der Waals surface area contributed by atoms with E-state index >= 15 is 0 Å². The molecule has 1 saturated heterocycles. The molecular weight excluding hydrogens is 334 g/mol. The fraction of sp³-hybridized carbons (Fsp3) is 0.333. The smallest absolute Gasteiger partial charge is 0.273 e. The average molecular weight is 351 g/mol. The van der Waals surface area contributed by atoms with Crippen LogP contribution in [0.2, 0.25) is 0 Å². The second kappa shape index (κ2) is 6.67. The fourth-order valence-electron chi connectivity index (χ4n) is 2.44. The molecule has 23 heavy (non-hydrogen) atoms. The predicted molar refractivity (Wildman–Crippen MR) is 91.0 cm³/mol. The Hall–Kier alpha value is -1.93. The highest BCUT2D eigenvalue weighted by molar-refractivity contribution is 7.91. The molecule has 3 rings (SSSR count). The molecule has 0 bridgehead atoms. The third-order valence-electron chi connectivity index (χ3n) is 3.70. The van der Waals surface area contributed by atoms with E-state index in [2.05, 4.69) is 15.6 Å². The van der Waals surface area contributed by atoms with Crippen molar-refractivity contribution in [3.63, 3.8) is 0 Å². The second-order valence-corrected chi connectivity index (χ2v) is 8.58. The van der Waals surface area contributed by atoms with Gasteiger partial charge in [-0.25, -0.2) is 13.4 Å². The van der Waals surface area contributed by atoms with Gasteiger partial charge in [0.15, 0.2) is 5.69 Å². The fourth-order valence-corrected chi connectivity index (χ4v) is 4.63. The SMILES string of the molecule is O=C(NC1CCS(=O)(=O)CC1)c1ncsc1Nc1ccccc1. The number of benzene rings is 1. The molecule has 1 amide bonds. The highest BCUT2D eigenvalue weighted by Gasteiger charge is 2.26. The minimum absolute atomic E-state index is 0.114. The summed E-state index contributed by atoms with van der Waals surface area (Å²) < 4.78 is 22.9. The van der Waals surface area contributed by atoms with Gasteiger partial charge in [0, 0.05) is 11.7 Å². The average Bonchev–Trinajstić information content (AvgIpc) is 2.99. The lowest BCUT2D eigenvalue weighted by molar-refractivity contribution is 0.0931. The standard InChI is InChI=1S/C15H17N3O3S2/c19-14(17-12-6-8-23(20,21)9-7-12)13-15(22-10-16-13)18-11-4-2-1-3-5-11/h1-5,10,12,18H,6-9H2,(H,17,19). The molecule has 0 atom stereocenters. The molecule has 2 heterocycles. The van der Waals surface area contributed by atoms with Crippen molar-refractivity contribution in [1.82, 2.24) is 10.3 Å². The van der Waals surface area contributed by atoms with Crippen molar-refractivity contribution in [3.8, 4) is 0 Å². The number of rotatable bonds is 4. The van der Waals surface area contributed by atoms with Crippen LogP contribution in [-0.2, 0) is 9.84 Å². The van der Waals surface area contributed by atoms with Crippen molar-refractivity contribution in [2.75, 3.05) is 16.8 Å². The van der Waals surface area contributed by atoms with E-state index < -0.39 is 9.84 Å². The Morgan fingerprint density at radius 2 is 1.87 bits per heavy atom. The first-order valence-electron chi connectivity index (χ1n) is 7.30. The minimum Gasteiger partial charge on any atom is -0.348 e. The molecule has 2 N–H and O–H groups in total. The molecule has 0 radical (unpaired) electrons. The van der Waals surface area contributed by atoms with E-state index in [1.165, 1.54) is 11.3 Å². The van der Waals surface area contributed by atoms with Crippen LogP contribution in [0.3, 0.4) is 0 Å². The number of nitrogens with zero attached hydrogens (tertiary/aromatic N) is 1. The van der Waals surface area contributed by atoms with E-state index in [-0.39, 0.29) is 23.5 Å². The molecule has 122 valence electrons. The molecule has 1 aromatic heterocycles. The Balaban J connectivity index is 1.66. The monoisotopic (exact) mass is 351 g/mol. The molecule has 8 heteroatoms. The third-order valence-corrected chi connectivity index (χ3v) is 6.16. The number of hydrogen-bond acceptors (Lipinski definition) is 6. The summed E-state index contributed by atoms with van der Waals surface area (Å²) in [6.45, 7) is 0. The van der Waals surface area contributed by atoms with Crippen LogP contribution in [-0.4, -0.2) is 36.9 Å². The number of hydrogen-bond donors (Lipinski definition) is 2. The van der Waals surface area contributed by atoms with Gasteiger partial charge in [-0.15, -0.1) is 11.3 Å². The van der Waals surface area contributed by atoms with Gasteiger partial charge in [-0.2, -0.15) is 0 Å². The summed E-state index contributed by atoms with van der Waals surface area (Å²) in [4.78, 5) is 16.5. The van der Waals surface area contributed by atoms with Gasteiger partial charge < -0.3 is 10.6 Å². The van der Waals surface area contributed by atoms with E-state index in [0.717, 1.165) is 5.69 Å². The number of para-hydroxylation sites is 1. The first-order chi connectivity index (χ1) is 11.0. The Labute approximate surface area is 138 Å². The Bertz CT molecular complexity index is 773. The van der Waals surface area contributed by atoms with Gasteiger partial charge in [-0.05, 0) is 25.0 Å². The summed E-state index contributed by atoms with van der Waals surface area (Å²) >= 11 is 1.36. The quantitative estimate of drug-likeness (QED) is 0.881. The van der Waals surface area contributed by atoms with Crippen LogP contribution in [0.15, 0.2) is 35.8 Å². The maximum atomic E-state index is 12.4. The van der Waals surface area contributed by atoms with E-state index in [0.29, 0.717) is 23.5 Å². The van der Waals surface area contributed by atoms with Crippen LogP contribution in [0.4, 0.5) is 10.7 Å². The van der Waals surface area contributed by atoms with Crippen LogP contribution in [0, 0.1) is 0 Å². The van der Waals surface area contributed by atoms with Crippen molar-refractivity contribution in [1.29, 1.82) is 0 Å². The highest BCUT2D eigenvalue weighted by Crippen LogP contribution is 2.25. The van der Waals surface area contributed by atoms with Crippen LogP contribution >= 0.6 is 11.3 Å². The number of anilines is 2. The minimum atomic E-state index is -2.93. The van der Waals surface area contributed by atoms with Crippen molar-refractivity contribution in [2.45, 2.75) is 18.9 Å². The zero-order valence-corrected chi connectivity index (χ0v) is 14.0. The summed E-state index contributed by atoms with van der Waals surface area (Å²) in [6.07, 6.45) is 0.916. The molecule has 1 aromatic carbocycles. The molecule has 6 nitrogen and oxygen atoms in total. The molecule has 1 aliphatic rings. The van der Waals surface area contributed by atoms with Gasteiger partial charge in [0.1, 0.15) is 14.8 Å². The van der Waals surface area contributed by atoms with Crippen LogP contribution in [0.1, 0.15) is 23.3 Å². The normalized spacial score (nSPS) is 17.6. The van der Waals surface area contributed by atoms with Crippen molar-refractivity contribution in [3.05, 3.63) is 41.5 Å². The van der Waals surface area contributed by atoms with E-state index in [1.54, 1.807) is 5.51 Å². The van der Waals surface area contributed by atoms with Gasteiger partial charge >= 0.3 is 0 Å². The van der Waals surface area contributed by atoms with Crippen molar-refractivity contribution < 1.29 is 13.2 Å². The van der Waals surface area contributed by atoms with Gasteiger partial charge in [0.05, 0.1) is 17.0 Å². The van der Waals surface area contributed by atoms with Crippen LogP contribution < -0.4 is 10.6 Å². The topological polar surface area (TPSA) is 88.2 Å².